The molecule has 0 radical (unpaired) electrons. The van der Waals surface area contributed by atoms with Crippen LogP contribution in [0.2, 0.25) is 5.02 Å². The summed E-state index contributed by atoms with van der Waals surface area (Å²) >= 11 is 6.25. The minimum Gasteiger partial charge on any atom is -0.493 e. The number of halogens is 1. The molecule has 0 fully saturated rings. The summed E-state index contributed by atoms with van der Waals surface area (Å²) in [5, 5.41) is 1.27. The molecule has 1 aromatic heterocycles. The molecule has 0 aliphatic rings. The first-order valence-electron chi connectivity index (χ1n) is 10.3. The summed E-state index contributed by atoms with van der Waals surface area (Å²) in [5.41, 5.74) is 2.68. The number of hydrogen-bond donors (Lipinski definition) is 1. The maximum Gasteiger partial charge on any atom is 0.259 e. The van der Waals surface area contributed by atoms with E-state index in [1.807, 2.05) is 30.3 Å². The van der Waals surface area contributed by atoms with E-state index in [9.17, 15) is 9.59 Å². The zero-order chi connectivity index (χ0) is 23.4. The number of aromatic amines is 1. The fourth-order valence-corrected chi connectivity index (χ4v) is 3.96. The summed E-state index contributed by atoms with van der Waals surface area (Å²) < 4.78 is 10.6. The van der Waals surface area contributed by atoms with Crippen molar-refractivity contribution in [3.8, 4) is 11.5 Å². The molecule has 0 aliphatic heterocycles. The van der Waals surface area contributed by atoms with Crippen LogP contribution >= 0.6 is 11.6 Å². The van der Waals surface area contributed by atoms with E-state index in [4.69, 9.17) is 21.1 Å². The van der Waals surface area contributed by atoms with Crippen LogP contribution in [0.3, 0.4) is 0 Å². The topological polar surface area (TPSA) is 68.4 Å². The summed E-state index contributed by atoms with van der Waals surface area (Å²) in [4.78, 5) is 29.1. The highest BCUT2D eigenvalue weighted by Gasteiger charge is 2.18. The SMILES string of the molecule is COc1ccc(/C=C/C(=O)c2c(Cc3ccccc3)c3cc(Cl)ccc3[nH]c2=O)cc1OC. The third-order valence-electron chi connectivity index (χ3n) is 5.39. The quantitative estimate of drug-likeness (QED) is 0.285. The molecule has 4 aromatic rings. The number of carbonyl (C=O) groups excluding carboxylic acids is 1. The number of H-pyrrole nitrogens is 1. The molecule has 0 spiro atoms. The summed E-state index contributed by atoms with van der Waals surface area (Å²) in [5.74, 6) is 0.753. The molecule has 4 rings (SSSR count). The number of benzene rings is 3. The normalized spacial score (nSPS) is 11.1. The Labute approximate surface area is 196 Å². The Balaban J connectivity index is 1.80. The second kappa shape index (κ2) is 9.76. The van der Waals surface area contributed by atoms with Crippen molar-refractivity contribution in [2.75, 3.05) is 14.2 Å². The van der Waals surface area contributed by atoms with E-state index in [-0.39, 0.29) is 11.3 Å². The van der Waals surface area contributed by atoms with Gasteiger partial charge in [-0.2, -0.15) is 0 Å². The fourth-order valence-electron chi connectivity index (χ4n) is 3.79. The Morgan fingerprint density at radius 3 is 2.45 bits per heavy atom. The Kier molecular flexibility index (Phi) is 6.61. The molecule has 0 amide bonds. The lowest BCUT2D eigenvalue weighted by Gasteiger charge is -2.12. The van der Waals surface area contributed by atoms with Gasteiger partial charge in [-0.05, 0) is 59.5 Å². The molecule has 1 N–H and O–H groups in total. The Morgan fingerprint density at radius 1 is 0.970 bits per heavy atom. The van der Waals surface area contributed by atoms with Crippen molar-refractivity contribution in [1.82, 2.24) is 4.98 Å². The van der Waals surface area contributed by atoms with Crippen LogP contribution in [0.25, 0.3) is 17.0 Å². The first kappa shape index (κ1) is 22.4. The minimum absolute atomic E-state index is 0.102. The van der Waals surface area contributed by atoms with Crippen LogP contribution < -0.4 is 15.0 Å². The number of allylic oxidation sites excluding steroid dienone is 1. The molecule has 6 heteroatoms. The smallest absolute Gasteiger partial charge is 0.259 e. The van der Waals surface area contributed by atoms with Crippen molar-refractivity contribution in [1.29, 1.82) is 0 Å². The van der Waals surface area contributed by atoms with Gasteiger partial charge in [-0.15, -0.1) is 0 Å². The lowest BCUT2D eigenvalue weighted by Crippen LogP contribution is -2.20. The van der Waals surface area contributed by atoms with Crippen LogP contribution in [0.4, 0.5) is 0 Å². The number of nitrogens with one attached hydrogen (secondary N) is 1. The third-order valence-corrected chi connectivity index (χ3v) is 5.62. The highest BCUT2D eigenvalue weighted by atomic mass is 35.5. The summed E-state index contributed by atoms with van der Waals surface area (Å²) in [6.45, 7) is 0. The van der Waals surface area contributed by atoms with Crippen molar-refractivity contribution in [3.05, 3.63) is 110 Å². The van der Waals surface area contributed by atoms with Gasteiger partial charge >= 0.3 is 0 Å². The van der Waals surface area contributed by atoms with Crippen molar-refractivity contribution in [2.45, 2.75) is 6.42 Å². The van der Waals surface area contributed by atoms with E-state index < -0.39 is 5.56 Å². The number of ketones is 1. The van der Waals surface area contributed by atoms with Gasteiger partial charge in [0.25, 0.3) is 5.56 Å². The van der Waals surface area contributed by atoms with Crippen molar-refractivity contribution < 1.29 is 14.3 Å². The molecule has 3 aromatic carbocycles. The molecule has 0 aliphatic carbocycles. The molecular formula is C27H22ClNO4. The first-order valence-corrected chi connectivity index (χ1v) is 10.7. The van der Waals surface area contributed by atoms with Crippen LogP contribution in [-0.4, -0.2) is 25.0 Å². The number of carbonyl (C=O) groups is 1. The maximum absolute atomic E-state index is 13.3. The molecule has 1 heterocycles. The molecule has 0 atom stereocenters. The lowest BCUT2D eigenvalue weighted by atomic mass is 9.94. The Bertz CT molecular complexity index is 1410. The molecule has 0 saturated carbocycles. The highest BCUT2D eigenvalue weighted by molar-refractivity contribution is 6.31. The summed E-state index contributed by atoms with van der Waals surface area (Å²) in [6.07, 6.45) is 3.47. The van der Waals surface area contributed by atoms with Crippen LogP contribution in [0.15, 0.2) is 77.6 Å². The standard InChI is InChI=1S/C27H22ClNO4/c1-32-24-13-9-18(15-25(24)33-2)8-12-23(30)26-21(14-17-6-4-3-5-7-17)20-16-19(28)10-11-22(20)29-27(26)31/h3-13,15-16H,14H2,1-2H3,(H,29,31)/b12-8+. The molecular weight excluding hydrogens is 438 g/mol. The monoisotopic (exact) mass is 459 g/mol. The van der Waals surface area contributed by atoms with Gasteiger partial charge in [-0.3, -0.25) is 9.59 Å². The van der Waals surface area contributed by atoms with Gasteiger partial charge in [0, 0.05) is 15.9 Å². The molecule has 166 valence electrons. The number of hydrogen-bond acceptors (Lipinski definition) is 4. The largest absolute Gasteiger partial charge is 0.493 e. The van der Waals surface area contributed by atoms with Gasteiger partial charge in [-0.25, -0.2) is 0 Å². The van der Waals surface area contributed by atoms with E-state index in [0.717, 1.165) is 16.5 Å². The van der Waals surface area contributed by atoms with Gasteiger partial charge < -0.3 is 14.5 Å². The molecule has 0 unspecified atom stereocenters. The van der Waals surface area contributed by atoms with Gasteiger partial charge in [0.1, 0.15) is 0 Å². The van der Waals surface area contributed by atoms with Gasteiger partial charge in [0.15, 0.2) is 17.3 Å². The predicted molar refractivity (Wildman–Crippen MR) is 132 cm³/mol. The number of rotatable bonds is 7. The molecule has 33 heavy (non-hydrogen) atoms. The Hall–Kier alpha value is -3.83. The predicted octanol–water partition coefficient (Wildman–Crippen LogP) is 5.69. The Morgan fingerprint density at radius 2 is 1.73 bits per heavy atom. The number of fused-ring (bicyclic) bond motifs is 1. The zero-order valence-corrected chi connectivity index (χ0v) is 19.0. The molecule has 0 bridgehead atoms. The number of ether oxygens (including phenoxy) is 2. The fraction of sp³-hybridized carbons (Fsp3) is 0.111. The minimum atomic E-state index is -0.433. The van der Waals surface area contributed by atoms with E-state index >= 15 is 0 Å². The highest BCUT2D eigenvalue weighted by Crippen LogP contribution is 2.29. The summed E-state index contributed by atoms with van der Waals surface area (Å²) in [7, 11) is 3.11. The number of methoxy groups -OCH3 is 2. The maximum atomic E-state index is 13.3. The van der Waals surface area contributed by atoms with Crippen LogP contribution in [0.1, 0.15) is 27.0 Å². The van der Waals surface area contributed by atoms with E-state index in [2.05, 4.69) is 4.98 Å². The average Bonchev–Trinajstić information content (AvgIpc) is 2.83. The lowest BCUT2D eigenvalue weighted by molar-refractivity contribution is 0.104. The number of pyridine rings is 1. The summed E-state index contributed by atoms with van der Waals surface area (Å²) in [6, 6.07) is 20.3. The van der Waals surface area contributed by atoms with Crippen LogP contribution in [0.5, 0.6) is 11.5 Å². The van der Waals surface area contributed by atoms with E-state index in [1.54, 1.807) is 56.7 Å². The van der Waals surface area contributed by atoms with Gasteiger partial charge in [0.2, 0.25) is 0 Å². The van der Waals surface area contributed by atoms with Gasteiger partial charge in [0.05, 0.1) is 19.8 Å². The van der Waals surface area contributed by atoms with Gasteiger partial charge in [-0.1, -0.05) is 54.1 Å². The second-order valence-electron chi connectivity index (χ2n) is 7.47. The van der Waals surface area contributed by atoms with Crippen molar-refractivity contribution in [3.63, 3.8) is 0 Å². The van der Waals surface area contributed by atoms with Crippen molar-refractivity contribution in [2.24, 2.45) is 0 Å². The second-order valence-corrected chi connectivity index (χ2v) is 7.91. The van der Waals surface area contributed by atoms with Crippen LogP contribution in [-0.2, 0) is 6.42 Å². The molecule has 0 saturated heterocycles. The zero-order valence-electron chi connectivity index (χ0n) is 18.2. The molecule has 5 nitrogen and oxygen atoms in total. The van der Waals surface area contributed by atoms with Crippen LogP contribution in [0, 0.1) is 0 Å². The first-order chi connectivity index (χ1) is 16.0. The number of aromatic nitrogens is 1. The van der Waals surface area contributed by atoms with E-state index in [0.29, 0.717) is 34.0 Å². The van der Waals surface area contributed by atoms with E-state index in [1.165, 1.54) is 6.08 Å². The third kappa shape index (κ3) is 4.83. The average molecular weight is 460 g/mol. The van der Waals surface area contributed by atoms with Crippen molar-refractivity contribution >= 4 is 34.4 Å².